The van der Waals surface area contributed by atoms with E-state index in [1.54, 1.807) is 60.7 Å². The Morgan fingerprint density at radius 3 is 2.23 bits per heavy atom. The van der Waals surface area contributed by atoms with Crippen molar-refractivity contribution >= 4 is 43.8 Å². The van der Waals surface area contributed by atoms with E-state index in [2.05, 4.69) is 26.5 Å². The van der Waals surface area contributed by atoms with Crippen molar-refractivity contribution in [3.63, 3.8) is 0 Å². The van der Waals surface area contributed by atoms with E-state index in [1.165, 1.54) is 18.3 Å². The Balaban J connectivity index is 1.46. The average molecular weight is 667 g/mol. The van der Waals surface area contributed by atoms with E-state index >= 15 is 0 Å². The second kappa shape index (κ2) is 15.2. The lowest BCUT2D eigenvalue weighted by Crippen LogP contribution is -2.39. The molecule has 4 aromatic rings. The molecule has 9 nitrogen and oxygen atoms in total. The first-order chi connectivity index (χ1) is 20.8. The van der Waals surface area contributed by atoms with Crippen molar-refractivity contribution in [2.24, 2.45) is 5.10 Å². The van der Waals surface area contributed by atoms with Gasteiger partial charge in [-0.05, 0) is 91.7 Å². The molecule has 1 amide bonds. The summed E-state index contributed by atoms with van der Waals surface area (Å²) in [4.78, 5) is 13.0. The molecule has 0 fully saturated rings. The van der Waals surface area contributed by atoms with Gasteiger partial charge in [-0.3, -0.25) is 9.10 Å². The number of carbonyl (C=O) groups excluding carboxylic acids is 1. The first-order valence-electron chi connectivity index (χ1n) is 13.6. The quantitative estimate of drug-likeness (QED) is 0.128. The number of amides is 1. The number of hydrogen-bond donors (Lipinski definition) is 1. The third-order valence-corrected chi connectivity index (χ3v) is 8.35. The van der Waals surface area contributed by atoms with Crippen molar-refractivity contribution in [3.8, 4) is 17.2 Å². The van der Waals surface area contributed by atoms with Gasteiger partial charge in [0.1, 0.15) is 18.9 Å². The molecule has 0 spiro atoms. The summed E-state index contributed by atoms with van der Waals surface area (Å²) in [7, 11) is -4.05. The lowest BCUT2D eigenvalue weighted by atomic mass is 10.2. The van der Waals surface area contributed by atoms with E-state index in [0.29, 0.717) is 48.3 Å². The van der Waals surface area contributed by atoms with Gasteiger partial charge in [0.2, 0.25) is 0 Å². The van der Waals surface area contributed by atoms with Crippen molar-refractivity contribution < 1.29 is 27.4 Å². The van der Waals surface area contributed by atoms with Crippen LogP contribution in [0.4, 0.5) is 5.69 Å². The highest BCUT2D eigenvalue weighted by atomic mass is 79.9. The van der Waals surface area contributed by atoms with Gasteiger partial charge in [0.25, 0.3) is 15.9 Å². The normalized spacial score (nSPS) is 11.2. The second-order valence-corrected chi connectivity index (χ2v) is 11.9. The van der Waals surface area contributed by atoms with Crippen LogP contribution in [-0.4, -0.2) is 40.3 Å². The Kier molecular flexibility index (Phi) is 11.2. The summed E-state index contributed by atoms with van der Waals surface area (Å²) in [5.41, 5.74) is 4.40. The molecule has 4 rings (SSSR count). The zero-order valence-corrected chi connectivity index (χ0v) is 26.2. The second-order valence-electron chi connectivity index (χ2n) is 9.10. The summed E-state index contributed by atoms with van der Waals surface area (Å²) in [6, 6.07) is 27.6. The Morgan fingerprint density at radius 2 is 1.56 bits per heavy atom. The Morgan fingerprint density at radius 1 is 0.860 bits per heavy atom. The molecule has 4 aromatic carbocycles. The number of nitrogens with zero attached hydrogens (tertiary/aromatic N) is 2. The smallest absolute Gasteiger partial charge is 0.264 e. The minimum absolute atomic E-state index is 0.0612. The molecular weight excluding hydrogens is 634 g/mol. The van der Waals surface area contributed by atoms with Gasteiger partial charge in [-0.1, -0.05) is 46.3 Å². The molecule has 1 N–H and O–H groups in total. The van der Waals surface area contributed by atoms with Gasteiger partial charge in [0, 0.05) is 4.47 Å². The number of hydrogen-bond acceptors (Lipinski definition) is 7. The van der Waals surface area contributed by atoms with E-state index in [9.17, 15) is 13.2 Å². The van der Waals surface area contributed by atoms with Crippen LogP contribution >= 0.6 is 15.9 Å². The first kappa shape index (κ1) is 31.6. The number of halogens is 1. The SMILES string of the molecule is CCOc1ccc(N(CC(=O)N/N=C/c2ccc(OCc3ccc(Br)cc3)c(OCC)c2)S(=O)(=O)c2ccccc2)cc1. The molecule has 0 unspecified atom stereocenters. The number of carbonyl (C=O) groups is 1. The first-order valence-corrected chi connectivity index (χ1v) is 15.8. The van der Waals surface area contributed by atoms with Gasteiger partial charge in [0.15, 0.2) is 11.5 Å². The number of anilines is 1. The minimum Gasteiger partial charge on any atom is -0.494 e. The Labute approximate surface area is 260 Å². The maximum Gasteiger partial charge on any atom is 0.264 e. The summed E-state index contributed by atoms with van der Waals surface area (Å²) < 4.78 is 46.2. The number of nitrogens with one attached hydrogen (secondary N) is 1. The number of hydrazone groups is 1. The molecule has 0 bridgehead atoms. The molecule has 0 aliphatic rings. The largest absolute Gasteiger partial charge is 0.494 e. The van der Waals surface area contributed by atoms with E-state index in [0.717, 1.165) is 14.3 Å². The van der Waals surface area contributed by atoms with Gasteiger partial charge in [-0.15, -0.1) is 0 Å². The number of benzene rings is 4. The number of ether oxygens (including phenoxy) is 3. The van der Waals surface area contributed by atoms with Gasteiger partial charge < -0.3 is 14.2 Å². The van der Waals surface area contributed by atoms with Crippen molar-refractivity contribution in [2.45, 2.75) is 25.3 Å². The van der Waals surface area contributed by atoms with E-state index < -0.39 is 22.5 Å². The fourth-order valence-corrected chi connectivity index (χ4v) is 5.70. The lowest BCUT2D eigenvalue weighted by Gasteiger charge is -2.24. The van der Waals surface area contributed by atoms with Gasteiger partial charge in [0.05, 0.1) is 30.0 Å². The average Bonchev–Trinajstić information content (AvgIpc) is 3.01. The number of sulfonamides is 1. The third kappa shape index (κ3) is 8.82. The minimum atomic E-state index is -4.05. The highest BCUT2D eigenvalue weighted by molar-refractivity contribution is 9.10. The van der Waals surface area contributed by atoms with Crippen LogP contribution in [0.2, 0.25) is 0 Å². The van der Waals surface area contributed by atoms with Crippen LogP contribution in [0.3, 0.4) is 0 Å². The van der Waals surface area contributed by atoms with Crippen LogP contribution in [0.5, 0.6) is 17.2 Å². The van der Waals surface area contributed by atoms with Crippen LogP contribution in [0.25, 0.3) is 0 Å². The predicted octanol–water partition coefficient (Wildman–Crippen LogP) is 6.17. The maximum atomic E-state index is 13.5. The molecule has 0 aliphatic carbocycles. The summed E-state index contributed by atoms with van der Waals surface area (Å²) in [6.45, 7) is 4.52. The molecule has 224 valence electrons. The molecule has 0 saturated heterocycles. The van der Waals surface area contributed by atoms with Gasteiger partial charge in [-0.2, -0.15) is 5.10 Å². The molecule has 0 heterocycles. The van der Waals surface area contributed by atoms with E-state index in [4.69, 9.17) is 14.2 Å². The van der Waals surface area contributed by atoms with E-state index in [-0.39, 0.29) is 4.90 Å². The van der Waals surface area contributed by atoms with Gasteiger partial charge >= 0.3 is 0 Å². The Bertz CT molecular complexity index is 1630. The molecule has 0 saturated carbocycles. The number of rotatable bonds is 14. The summed E-state index contributed by atoms with van der Waals surface area (Å²) >= 11 is 3.43. The maximum absolute atomic E-state index is 13.5. The van der Waals surface area contributed by atoms with Crippen LogP contribution in [0.1, 0.15) is 25.0 Å². The topological polar surface area (TPSA) is 107 Å². The predicted molar refractivity (Wildman–Crippen MR) is 170 cm³/mol. The summed E-state index contributed by atoms with van der Waals surface area (Å²) in [5, 5.41) is 4.05. The molecule has 0 atom stereocenters. The lowest BCUT2D eigenvalue weighted by molar-refractivity contribution is -0.119. The standard InChI is InChI=1S/C32H32BrN3O6S/c1-3-40-28-17-15-27(16-18-28)36(43(38,39)29-8-6-5-7-9-29)22-32(37)35-34-21-25-12-19-30(31(20-25)41-4-2)42-23-24-10-13-26(33)14-11-24/h5-21H,3-4,22-23H2,1-2H3,(H,35,37)/b34-21+. The van der Waals surface area contributed by atoms with E-state index in [1.807, 2.05) is 38.1 Å². The summed E-state index contributed by atoms with van der Waals surface area (Å²) in [5.74, 6) is 1.08. The molecule has 43 heavy (non-hydrogen) atoms. The third-order valence-electron chi connectivity index (χ3n) is 6.03. The van der Waals surface area contributed by atoms with Crippen molar-refractivity contribution in [1.29, 1.82) is 0 Å². The molecular formula is C32H32BrN3O6S. The fraction of sp³-hybridized carbons (Fsp3) is 0.188. The highest BCUT2D eigenvalue weighted by Crippen LogP contribution is 2.29. The van der Waals surface area contributed by atoms with Crippen molar-refractivity contribution in [3.05, 3.63) is 113 Å². The zero-order chi connectivity index (χ0) is 30.7. The molecule has 0 radical (unpaired) electrons. The highest BCUT2D eigenvalue weighted by Gasteiger charge is 2.27. The van der Waals surface area contributed by atoms with Crippen LogP contribution in [0.15, 0.2) is 112 Å². The van der Waals surface area contributed by atoms with Gasteiger partial charge in [-0.25, -0.2) is 13.8 Å². The molecule has 0 aliphatic heterocycles. The van der Waals surface area contributed by atoms with Crippen molar-refractivity contribution in [2.75, 3.05) is 24.1 Å². The Hall–Kier alpha value is -4.35. The molecule has 11 heteroatoms. The van der Waals surface area contributed by atoms with Crippen LogP contribution < -0.4 is 23.9 Å². The van der Waals surface area contributed by atoms with Crippen LogP contribution in [0, 0.1) is 0 Å². The fourth-order valence-electron chi connectivity index (χ4n) is 3.99. The van der Waals surface area contributed by atoms with Crippen molar-refractivity contribution in [1.82, 2.24) is 5.43 Å². The molecule has 0 aromatic heterocycles. The monoisotopic (exact) mass is 665 g/mol. The van der Waals surface area contributed by atoms with Crippen LogP contribution in [-0.2, 0) is 21.4 Å². The summed E-state index contributed by atoms with van der Waals surface area (Å²) in [6.07, 6.45) is 1.45. The zero-order valence-electron chi connectivity index (χ0n) is 23.8.